The van der Waals surface area contributed by atoms with Crippen molar-refractivity contribution in [2.75, 3.05) is 5.43 Å². The summed E-state index contributed by atoms with van der Waals surface area (Å²) < 4.78 is 0. The number of hydrazone groups is 1. The van der Waals surface area contributed by atoms with Crippen molar-refractivity contribution in [3.05, 3.63) is 22.7 Å². The Morgan fingerprint density at radius 2 is 2.38 bits per heavy atom. The third-order valence-corrected chi connectivity index (χ3v) is 3.76. The van der Waals surface area contributed by atoms with Crippen molar-refractivity contribution in [3.63, 3.8) is 0 Å². The summed E-state index contributed by atoms with van der Waals surface area (Å²) in [5.74, 6) is 0.583. The third kappa shape index (κ3) is 2.92. The maximum absolute atomic E-state index is 4.37. The predicted octanol–water partition coefficient (Wildman–Crippen LogP) is 3.51. The summed E-state index contributed by atoms with van der Waals surface area (Å²) in [7, 11) is 0. The monoisotopic (exact) mass is 235 g/mol. The highest BCUT2D eigenvalue weighted by atomic mass is 32.1. The molecule has 1 N–H and O–H groups in total. The number of aryl methyl sites for hydroxylation is 2. The second kappa shape index (κ2) is 5.25. The summed E-state index contributed by atoms with van der Waals surface area (Å²) in [6, 6.07) is 0. The minimum absolute atomic E-state index is 0.583. The molecule has 1 aliphatic carbocycles. The Kier molecular flexibility index (Phi) is 3.72. The first kappa shape index (κ1) is 11.3. The van der Waals surface area contributed by atoms with Crippen molar-refractivity contribution in [3.8, 4) is 0 Å². The highest BCUT2D eigenvalue weighted by Gasteiger charge is 2.06. The fraction of sp³-hybridized carbons (Fsp3) is 0.500. The summed E-state index contributed by atoms with van der Waals surface area (Å²) in [5.41, 5.74) is 4.09. The van der Waals surface area contributed by atoms with Gasteiger partial charge in [0.1, 0.15) is 0 Å². The molecule has 1 atom stereocenters. The fourth-order valence-electron chi connectivity index (χ4n) is 1.67. The molecule has 16 heavy (non-hydrogen) atoms. The molecule has 0 aliphatic heterocycles. The molecule has 0 amide bonds. The lowest BCUT2D eigenvalue weighted by Gasteiger charge is -2.11. The lowest BCUT2D eigenvalue weighted by atomic mass is 9.96. The molecule has 2 rings (SSSR count). The first-order valence-electron chi connectivity index (χ1n) is 5.64. The number of thiazole rings is 1. The Labute approximate surface area is 100 Å². The Balaban J connectivity index is 1.86. The highest BCUT2D eigenvalue weighted by Crippen LogP contribution is 2.21. The van der Waals surface area contributed by atoms with Crippen LogP contribution in [0, 0.1) is 19.8 Å². The van der Waals surface area contributed by atoms with Gasteiger partial charge in [-0.2, -0.15) is 5.10 Å². The topological polar surface area (TPSA) is 37.3 Å². The fourth-order valence-corrected chi connectivity index (χ4v) is 2.44. The van der Waals surface area contributed by atoms with E-state index in [1.54, 1.807) is 11.3 Å². The largest absolute Gasteiger partial charge is 0.253 e. The third-order valence-electron chi connectivity index (χ3n) is 2.78. The zero-order valence-electron chi connectivity index (χ0n) is 9.73. The van der Waals surface area contributed by atoms with Crippen LogP contribution in [0.3, 0.4) is 0 Å². The number of allylic oxidation sites excluding steroid dienone is 2. The zero-order valence-corrected chi connectivity index (χ0v) is 10.5. The number of hydrogen-bond donors (Lipinski definition) is 1. The Hall–Kier alpha value is -1.16. The summed E-state index contributed by atoms with van der Waals surface area (Å²) >= 11 is 1.65. The van der Waals surface area contributed by atoms with E-state index in [-0.39, 0.29) is 0 Å². The molecule has 0 radical (unpaired) electrons. The number of rotatable bonds is 3. The van der Waals surface area contributed by atoms with Crippen LogP contribution in [0.15, 0.2) is 17.3 Å². The molecular weight excluding hydrogens is 218 g/mol. The van der Waals surface area contributed by atoms with Gasteiger partial charge in [-0.05, 0) is 39.0 Å². The van der Waals surface area contributed by atoms with Gasteiger partial charge in [0.25, 0.3) is 0 Å². The van der Waals surface area contributed by atoms with Gasteiger partial charge in [0, 0.05) is 11.1 Å². The van der Waals surface area contributed by atoms with E-state index in [0.717, 1.165) is 17.2 Å². The Bertz CT molecular complexity index is 387. The average Bonchev–Trinajstić information content (AvgIpc) is 2.60. The summed E-state index contributed by atoms with van der Waals surface area (Å²) in [6.07, 6.45) is 9.98. The van der Waals surface area contributed by atoms with Gasteiger partial charge in [-0.15, -0.1) is 11.3 Å². The van der Waals surface area contributed by atoms with Crippen LogP contribution in [0.1, 0.15) is 29.8 Å². The van der Waals surface area contributed by atoms with E-state index >= 15 is 0 Å². The van der Waals surface area contributed by atoms with E-state index in [4.69, 9.17) is 0 Å². The molecule has 3 nitrogen and oxygen atoms in total. The molecule has 86 valence electrons. The smallest absolute Gasteiger partial charge is 0.203 e. The van der Waals surface area contributed by atoms with Crippen molar-refractivity contribution in [2.45, 2.75) is 33.1 Å². The summed E-state index contributed by atoms with van der Waals surface area (Å²) in [4.78, 5) is 5.62. The molecule has 1 aromatic rings. The van der Waals surface area contributed by atoms with Crippen LogP contribution < -0.4 is 5.43 Å². The molecule has 0 aromatic carbocycles. The second-order valence-corrected chi connectivity index (χ2v) is 5.30. The van der Waals surface area contributed by atoms with E-state index in [1.165, 1.54) is 17.7 Å². The molecule has 1 aromatic heterocycles. The van der Waals surface area contributed by atoms with Gasteiger partial charge < -0.3 is 0 Å². The molecular formula is C12H17N3S. The molecule has 1 aliphatic rings. The van der Waals surface area contributed by atoms with Crippen LogP contribution in [0.5, 0.6) is 0 Å². The maximum atomic E-state index is 4.37. The molecule has 0 spiro atoms. The molecule has 0 saturated carbocycles. The normalized spacial score (nSPS) is 20.5. The van der Waals surface area contributed by atoms with Gasteiger partial charge in [0.15, 0.2) is 0 Å². The molecule has 1 heterocycles. The van der Waals surface area contributed by atoms with Crippen molar-refractivity contribution >= 4 is 22.7 Å². The highest BCUT2D eigenvalue weighted by molar-refractivity contribution is 7.15. The minimum Gasteiger partial charge on any atom is -0.253 e. The Morgan fingerprint density at radius 3 is 3.00 bits per heavy atom. The molecule has 4 heteroatoms. The van der Waals surface area contributed by atoms with E-state index < -0.39 is 0 Å². The van der Waals surface area contributed by atoms with Gasteiger partial charge in [-0.1, -0.05) is 12.2 Å². The van der Waals surface area contributed by atoms with E-state index in [1.807, 2.05) is 13.1 Å². The molecule has 0 bridgehead atoms. The molecule has 0 fully saturated rings. The summed E-state index contributed by atoms with van der Waals surface area (Å²) in [6.45, 7) is 4.10. The number of nitrogens with one attached hydrogen (secondary N) is 1. The van der Waals surface area contributed by atoms with Crippen LogP contribution in [-0.2, 0) is 0 Å². The van der Waals surface area contributed by atoms with Gasteiger partial charge >= 0.3 is 0 Å². The van der Waals surface area contributed by atoms with Crippen molar-refractivity contribution in [1.29, 1.82) is 0 Å². The molecule has 0 saturated heterocycles. The zero-order chi connectivity index (χ0) is 11.4. The Morgan fingerprint density at radius 1 is 1.50 bits per heavy atom. The molecule has 1 unspecified atom stereocenters. The van der Waals surface area contributed by atoms with E-state index in [0.29, 0.717) is 5.92 Å². The van der Waals surface area contributed by atoms with Crippen molar-refractivity contribution < 1.29 is 0 Å². The van der Waals surface area contributed by atoms with Crippen LogP contribution in [0.2, 0.25) is 0 Å². The van der Waals surface area contributed by atoms with E-state index in [9.17, 15) is 0 Å². The van der Waals surface area contributed by atoms with Gasteiger partial charge in [-0.3, -0.25) is 5.43 Å². The van der Waals surface area contributed by atoms with Crippen LogP contribution in [0.4, 0.5) is 5.13 Å². The van der Waals surface area contributed by atoms with E-state index in [2.05, 4.69) is 34.6 Å². The van der Waals surface area contributed by atoms with Gasteiger partial charge in [0.05, 0.1) is 5.69 Å². The van der Waals surface area contributed by atoms with Crippen LogP contribution in [-0.4, -0.2) is 11.2 Å². The quantitative estimate of drug-likeness (QED) is 0.494. The number of hydrogen-bond acceptors (Lipinski definition) is 4. The lowest BCUT2D eigenvalue weighted by Crippen LogP contribution is -2.04. The first-order chi connectivity index (χ1) is 7.75. The first-order valence-corrected chi connectivity index (χ1v) is 6.45. The predicted molar refractivity (Wildman–Crippen MR) is 70.2 cm³/mol. The standard InChI is InChI=1S/C12H17N3S/c1-9-10(2)16-12(14-9)15-13-8-11-6-4-3-5-7-11/h3-4,8,11H,5-7H2,1-2H3,(H,14,15)/b13-8-. The SMILES string of the molecule is Cc1nc(N/N=C\C2CC=CCC2)sc1C. The van der Waals surface area contributed by atoms with Crippen molar-refractivity contribution in [2.24, 2.45) is 11.0 Å². The van der Waals surface area contributed by atoms with Gasteiger partial charge in [-0.25, -0.2) is 4.98 Å². The number of anilines is 1. The number of nitrogens with zero attached hydrogens (tertiary/aromatic N) is 2. The maximum Gasteiger partial charge on any atom is 0.203 e. The van der Waals surface area contributed by atoms with Crippen molar-refractivity contribution in [1.82, 2.24) is 4.98 Å². The summed E-state index contributed by atoms with van der Waals surface area (Å²) in [5, 5.41) is 5.15. The van der Waals surface area contributed by atoms with Gasteiger partial charge in [0.2, 0.25) is 5.13 Å². The minimum atomic E-state index is 0.583. The second-order valence-electron chi connectivity index (χ2n) is 4.10. The lowest BCUT2D eigenvalue weighted by molar-refractivity contribution is 0.627. The van der Waals surface area contributed by atoms with Crippen LogP contribution in [0.25, 0.3) is 0 Å². The number of aromatic nitrogens is 1. The van der Waals surface area contributed by atoms with Crippen LogP contribution >= 0.6 is 11.3 Å². The average molecular weight is 235 g/mol.